The summed E-state index contributed by atoms with van der Waals surface area (Å²) < 4.78 is 6.67. The summed E-state index contributed by atoms with van der Waals surface area (Å²) in [5, 5.41) is 13.9. The maximum atomic E-state index is 11.7. The van der Waals surface area contributed by atoms with E-state index < -0.39 is 6.09 Å². The Morgan fingerprint density at radius 2 is 2.38 bits per heavy atom. The van der Waals surface area contributed by atoms with E-state index in [1.807, 2.05) is 0 Å². The van der Waals surface area contributed by atoms with Crippen LogP contribution >= 0.6 is 12.4 Å². The van der Waals surface area contributed by atoms with Gasteiger partial charge in [0.25, 0.3) is 0 Å². The van der Waals surface area contributed by atoms with Gasteiger partial charge in [-0.15, -0.1) is 17.5 Å². The molecule has 1 saturated heterocycles. The van der Waals surface area contributed by atoms with E-state index in [2.05, 4.69) is 27.5 Å². The molecule has 1 aromatic heterocycles. The number of nitrogens with one attached hydrogen (secondary N) is 2. The highest BCUT2D eigenvalue weighted by molar-refractivity contribution is 5.85. The summed E-state index contributed by atoms with van der Waals surface area (Å²) in [6.07, 6.45) is 3.51. The van der Waals surface area contributed by atoms with Crippen molar-refractivity contribution in [1.82, 2.24) is 30.5 Å². The lowest BCUT2D eigenvalue weighted by molar-refractivity contribution is -0.122. The maximum Gasteiger partial charge on any atom is 0.410 e. The molecule has 1 aromatic rings. The Labute approximate surface area is 146 Å². The minimum Gasteiger partial charge on any atom is -0.445 e. The summed E-state index contributed by atoms with van der Waals surface area (Å²) in [5.74, 6) is -0.0301. The molecule has 0 saturated carbocycles. The molecule has 2 atom stereocenters. The first-order valence-corrected chi connectivity index (χ1v) is 7.39. The van der Waals surface area contributed by atoms with E-state index in [4.69, 9.17) is 4.74 Å². The number of aromatic nitrogens is 3. The third-order valence-corrected chi connectivity index (χ3v) is 3.64. The van der Waals surface area contributed by atoms with Gasteiger partial charge in [0.2, 0.25) is 5.91 Å². The van der Waals surface area contributed by atoms with Crippen LogP contribution in [0.3, 0.4) is 0 Å². The van der Waals surface area contributed by atoms with Crippen LogP contribution in [-0.2, 0) is 16.1 Å². The smallest absolute Gasteiger partial charge is 0.410 e. The first-order chi connectivity index (χ1) is 11.0. The first-order valence-electron chi connectivity index (χ1n) is 7.39. The monoisotopic (exact) mass is 358 g/mol. The largest absolute Gasteiger partial charge is 0.445 e. The third-order valence-electron chi connectivity index (χ3n) is 3.64. The molecule has 24 heavy (non-hydrogen) atoms. The van der Waals surface area contributed by atoms with Gasteiger partial charge < -0.3 is 20.3 Å². The zero-order valence-corrected chi connectivity index (χ0v) is 14.6. The van der Waals surface area contributed by atoms with Crippen molar-refractivity contribution in [1.29, 1.82) is 0 Å². The average molecular weight is 359 g/mol. The van der Waals surface area contributed by atoms with Gasteiger partial charge in [-0.3, -0.25) is 4.79 Å². The summed E-state index contributed by atoms with van der Waals surface area (Å²) in [6.45, 7) is 4.61. The Morgan fingerprint density at radius 1 is 1.62 bits per heavy atom. The van der Waals surface area contributed by atoms with Crippen molar-refractivity contribution in [2.75, 3.05) is 27.2 Å². The van der Waals surface area contributed by atoms with Crippen molar-refractivity contribution in [2.45, 2.75) is 25.0 Å². The molecule has 10 heteroatoms. The van der Waals surface area contributed by atoms with Crippen LogP contribution in [0.25, 0.3) is 0 Å². The normalized spacial score (nSPS) is 19.2. The van der Waals surface area contributed by atoms with E-state index in [9.17, 15) is 9.59 Å². The zero-order chi connectivity index (χ0) is 16.8. The number of halogens is 1. The number of rotatable bonds is 6. The number of amides is 2. The van der Waals surface area contributed by atoms with E-state index in [1.165, 1.54) is 11.0 Å². The van der Waals surface area contributed by atoms with E-state index in [-0.39, 0.29) is 37.0 Å². The molecule has 0 aliphatic carbocycles. The van der Waals surface area contributed by atoms with Crippen LogP contribution < -0.4 is 10.6 Å². The molecule has 9 nitrogen and oxygen atoms in total. The predicted molar refractivity (Wildman–Crippen MR) is 89.8 cm³/mol. The highest BCUT2D eigenvalue weighted by Gasteiger charge is 2.30. The Kier molecular flexibility index (Phi) is 7.66. The van der Waals surface area contributed by atoms with Crippen LogP contribution in [0.2, 0.25) is 0 Å². The second kappa shape index (κ2) is 9.24. The van der Waals surface area contributed by atoms with Crippen molar-refractivity contribution < 1.29 is 14.3 Å². The maximum absolute atomic E-state index is 11.7. The van der Waals surface area contributed by atoms with Gasteiger partial charge in [0.05, 0.1) is 24.8 Å². The number of likely N-dealkylation sites (N-methyl/N-ethyl adjacent to an activating group) is 1. The van der Waals surface area contributed by atoms with E-state index in [0.717, 1.165) is 0 Å². The third kappa shape index (κ3) is 4.93. The van der Waals surface area contributed by atoms with Crippen LogP contribution in [0.1, 0.15) is 18.2 Å². The van der Waals surface area contributed by atoms with Crippen molar-refractivity contribution in [3.05, 3.63) is 24.5 Å². The Morgan fingerprint density at radius 3 is 3.04 bits per heavy atom. The Balaban J connectivity index is 0.00000288. The van der Waals surface area contributed by atoms with Crippen LogP contribution in [0.15, 0.2) is 18.9 Å². The Bertz CT molecular complexity index is 579. The lowest BCUT2D eigenvalue weighted by Gasteiger charge is -2.14. The quantitative estimate of drug-likeness (QED) is 0.699. The lowest BCUT2D eigenvalue weighted by atomic mass is 10.1. The van der Waals surface area contributed by atoms with Gasteiger partial charge in [0.1, 0.15) is 12.3 Å². The molecule has 2 heterocycles. The Hall–Kier alpha value is -2.13. The van der Waals surface area contributed by atoms with Gasteiger partial charge in [0, 0.05) is 20.6 Å². The van der Waals surface area contributed by atoms with Crippen LogP contribution in [-0.4, -0.2) is 65.2 Å². The lowest BCUT2D eigenvalue weighted by Crippen LogP contribution is -2.38. The van der Waals surface area contributed by atoms with E-state index >= 15 is 0 Å². The summed E-state index contributed by atoms with van der Waals surface area (Å²) in [6, 6.07) is -0.147. The molecule has 134 valence electrons. The van der Waals surface area contributed by atoms with Gasteiger partial charge in [-0.1, -0.05) is 17.9 Å². The molecule has 0 unspecified atom stereocenters. The predicted octanol–water partition coefficient (Wildman–Crippen LogP) is 0.103. The summed E-state index contributed by atoms with van der Waals surface area (Å²) in [7, 11) is 3.25. The topological polar surface area (TPSA) is 101 Å². The van der Waals surface area contributed by atoms with Crippen molar-refractivity contribution in [3.8, 4) is 0 Å². The number of hydrogen-bond acceptors (Lipinski definition) is 6. The van der Waals surface area contributed by atoms with Crippen molar-refractivity contribution >= 4 is 24.4 Å². The number of carbonyl (C=O) groups is 2. The van der Waals surface area contributed by atoms with Gasteiger partial charge >= 0.3 is 6.09 Å². The molecular weight excluding hydrogens is 336 g/mol. The van der Waals surface area contributed by atoms with Gasteiger partial charge in [-0.2, -0.15) is 0 Å². The first kappa shape index (κ1) is 19.9. The van der Waals surface area contributed by atoms with Crippen LogP contribution in [0.5, 0.6) is 0 Å². The second-order valence-electron chi connectivity index (χ2n) is 5.38. The summed E-state index contributed by atoms with van der Waals surface area (Å²) in [5.41, 5.74) is 0.659. The van der Waals surface area contributed by atoms with Gasteiger partial charge in [-0.05, 0) is 6.42 Å². The van der Waals surface area contributed by atoms with E-state index in [1.54, 1.807) is 25.0 Å². The molecule has 2 amide bonds. The minimum atomic E-state index is -0.443. The molecule has 1 aliphatic heterocycles. The fraction of sp³-hybridized carbons (Fsp3) is 0.571. The highest BCUT2D eigenvalue weighted by Crippen LogP contribution is 2.19. The van der Waals surface area contributed by atoms with Gasteiger partial charge in [0.15, 0.2) is 0 Å². The number of ether oxygens (including phenoxy) is 1. The zero-order valence-electron chi connectivity index (χ0n) is 13.8. The molecular formula is C14H23ClN6O3. The molecule has 2 N–H and O–H groups in total. The molecule has 0 aromatic carbocycles. The van der Waals surface area contributed by atoms with Crippen molar-refractivity contribution in [3.63, 3.8) is 0 Å². The fourth-order valence-electron chi connectivity index (χ4n) is 2.40. The highest BCUT2D eigenvalue weighted by atomic mass is 35.5. The number of nitrogens with zero attached hydrogens (tertiary/aromatic N) is 4. The van der Waals surface area contributed by atoms with Crippen molar-refractivity contribution in [2.24, 2.45) is 0 Å². The van der Waals surface area contributed by atoms with Crippen LogP contribution in [0, 0.1) is 0 Å². The summed E-state index contributed by atoms with van der Waals surface area (Å²) >= 11 is 0. The SMILES string of the molecule is C=CCOC(=O)N(C)Cc1cn([C@H]2CN[C@H](C(=O)NC)C2)nn1.Cl. The van der Waals surface area contributed by atoms with E-state index in [0.29, 0.717) is 25.2 Å². The molecule has 1 aliphatic rings. The van der Waals surface area contributed by atoms with Crippen LogP contribution in [0.4, 0.5) is 4.79 Å². The molecule has 0 radical (unpaired) electrons. The standard InChI is InChI=1S/C14H22N6O3.ClH/c1-4-5-23-14(22)19(3)8-10-9-20(18-17-10)11-6-12(16-7-11)13(21)15-2;/h4,9,11-12,16H,1,5-8H2,2-3H3,(H,15,21);1H/t11-,12+;/m1./s1. The number of carbonyl (C=O) groups excluding carboxylic acids is 2. The molecule has 0 bridgehead atoms. The molecule has 1 fully saturated rings. The van der Waals surface area contributed by atoms with Gasteiger partial charge in [-0.25, -0.2) is 9.48 Å². The number of hydrogen-bond donors (Lipinski definition) is 2. The molecule has 2 rings (SSSR count). The second-order valence-corrected chi connectivity index (χ2v) is 5.38. The minimum absolute atomic E-state index is 0. The fourth-order valence-corrected chi connectivity index (χ4v) is 2.40. The summed E-state index contributed by atoms with van der Waals surface area (Å²) in [4.78, 5) is 24.7. The average Bonchev–Trinajstić information content (AvgIpc) is 3.20. The molecule has 0 spiro atoms.